The van der Waals surface area contributed by atoms with Crippen molar-refractivity contribution in [3.63, 3.8) is 0 Å². The second-order valence-electron chi connectivity index (χ2n) is 8.32. The van der Waals surface area contributed by atoms with Crippen LogP contribution in [0, 0.1) is 13.8 Å². The average Bonchev–Trinajstić information content (AvgIpc) is 3.28. The van der Waals surface area contributed by atoms with E-state index in [0.717, 1.165) is 33.4 Å². The zero-order valence-corrected chi connectivity index (χ0v) is 20.7. The van der Waals surface area contributed by atoms with Crippen LogP contribution in [0.1, 0.15) is 56.6 Å². The zero-order valence-electron chi connectivity index (χ0n) is 19.9. The Bertz CT molecular complexity index is 1260. The lowest BCUT2D eigenvalue weighted by atomic mass is 10.1. The third-order valence-corrected chi connectivity index (χ3v) is 6.59. The highest BCUT2D eigenvalue weighted by molar-refractivity contribution is 7.98. The number of hydrazine groups is 1. The summed E-state index contributed by atoms with van der Waals surface area (Å²) in [4.78, 5) is 47.7. The van der Waals surface area contributed by atoms with Gasteiger partial charge in [0.2, 0.25) is 5.91 Å². The van der Waals surface area contributed by atoms with Crippen LogP contribution in [0.4, 0.5) is 5.69 Å². The molecule has 0 radical (unpaired) electrons. The van der Waals surface area contributed by atoms with Gasteiger partial charge in [-0.25, -0.2) is 9.97 Å². The van der Waals surface area contributed by atoms with E-state index in [4.69, 9.17) is 0 Å². The summed E-state index contributed by atoms with van der Waals surface area (Å²) in [5.41, 5.74) is 10.5. The van der Waals surface area contributed by atoms with Crippen LogP contribution in [0.3, 0.4) is 0 Å². The van der Waals surface area contributed by atoms with Crippen LogP contribution in [0.15, 0.2) is 53.7 Å². The Hall–Kier alpha value is -3.72. The molecule has 2 N–H and O–H groups in total. The number of carbonyl (C=O) groups excluding carboxylic acids is 3. The fourth-order valence-electron chi connectivity index (χ4n) is 3.91. The van der Waals surface area contributed by atoms with Gasteiger partial charge in [0.05, 0.1) is 0 Å². The van der Waals surface area contributed by atoms with E-state index < -0.39 is 11.8 Å². The van der Waals surface area contributed by atoms with E-state index in [0.29, 0.717) is 36.3 Å². The lowest BCUT2D eigenvalue weighted by Crippen LogP contribution is -2.41. The number of hydrogen-bond donors (Lipinski definition) is 2. The molecule has 1 aliphatic rings. The SMILES string of the molecule is CCC(=O)N1CCc2cc(C(=O)NNC(=O)c3ccc(CSc4nc(C)cc(C)n4)cc3)ccc21. The molecular weight excluding hydrogens is 462 g/mol. The molecule has 0 atom stereocenters. The number of hydrogen-bond acceptors (Lipinski definition) is 6. The van der Waals surface area contributed by atoms with Crippen LogP contribution in [-0.4, -0.2) is 34.2 Å². The van der Waals surface area contributed by atoms with Gasteiger partial charge in [-0.3, -0.25) is 25.2 Å². The summed E-state index contributed by atoms with van der Waals surface area (Å²) in [5, 5.41) is 0.725. The number of anilines is 1. The molecule has 3 aromatic rings. The Morgan fingerprint density at radius 1 is 0.914 bits per heavy atom. The second kappa shape index (κ2) is 10.7. The van der Waals surface area contributed by atoms with E-state index in [1.54, 1.807) is 35.2 Å². The van der Waals surface area contributed by atoms with Crippen molar-refractivity contribution in [1.82, 2.24) is 20.8 Å². The van der Waals surface area contributed by atoms with E-state index in [-0.39, 0.29) is 5.91 Å². The quantitative estimate of drug-likeness (QED) is 0.310. The maximum Gasteiger partial charge on any atom is 0.269 e. The first-order chi connectivity index (χ1) is 16.8. The van der Waals surface area contributed by atoms with Gasteiger partial charge in [-0.15, -0.1) is 0 Å². The number of carbonyl (C=O) groups is 3. The molecule has 0 saturated heterocycles. The highest BCUT2D eigenvalue weighted by atomic mass is 32.2. The lowest BCUT2D eigenvalue weighted by Gasteiger charge is -2.16. The minimum atomic E-state index is -0.414. The Labute approximate surface area is 208 Å². The fourth-order valence-corrected chi connectivity index (χ4v) is 4.81. The Kier molecular flexibility index (Phi) is 7.45. The van der Waals surface area contributed by atoms with Crippen molar-refractivity contribution < 1.29 is 14.4 Å². The third kappa shape index (κ3) is 5.86. The third-order valence-electron chi connectivity index (χ3n) is 5.68. The summed E-state index contributed by atoms with van der Waals surface area (Å²) in [6.07, 6.45) is 1.14. The molecule has 3 amide bonds. The summed E-state index contributed by atoms with van der Waals surface area (Å²) in [6.45, 7) is 6.34. The highest BCUT2D eigenvalue weighted by Gasteiger charge is 2.24. The fraction of sp³-hybridized carbons (Fsp3) is 0.269. The molecule has 0 unspecified atom stereocenters. The van der Waals surface area contributed by atoms with E-state index in [2.05, 4.69) is 20.8 Å². The first-order valence-electron chi connectivity index (χ1n) is 11.4. The second-order valence-corrected chi connectivity index (χ2v) is 9.26. The van der Waals surface area contributed by atoms with Crippen LogP contribution >= 0.6 is 11.8 Å². The number of amides is 3. The maximum absolute atomic E-state index is 12.6. The predicted molar refractivity (Wildman–Crippen MR) is 135 cm³/mol. The van der Waals surface area contributed by atoms with Crippen LogP contribution < -0.4 is 15.8 Å². The normalized spacial score (nSPS) is 12.3. The molecule has 1 aliphatic heterocycles. The lowest BCUT2D eigenvalue weighted by molar-refractivity contribution is -0.118. The van der Waals surface area contributed by atoms with Gasteiger partial charge in [0.15, 0.2) is 5.16 Å². The van der Waals surface area contributed by atoms with Crippen LogP contribution in [-0.2, 0) is 17.0 Å². The van der Waals surface area contributed by atoms with Crippen molar-refractivity contribution in [3.05, 3.63) is 82.2 Å². The molecule has 0 saturated carbocycles. The van der Waals surface area contributed by atoms with Gasteiger partial charge in [-0.1, -0.05) is 30.8 Å². The van der Waals surface area contributed by atoms with Crippen molar-refractivity contribution in [2.45, 2.75) is 44.5 Å². The summed E-state index contributed by atoms with van der Waals surface area (Å²) in [7, 11) is 0. The molecule has 1 aromatic heterocycles. The molecule has 2 aromatic carbocycles. The number of benzene rings is 2. The molecule has 0 spiro atoms. The Morgan fingerprint density at radius 3 is 2.20 bits per heavy atom. The first kappa shape index (κ1) is 24.4. The summed E-state index contributed by atoms with van der Waals surface area (Å²) in [5.74, 6) is -0.0726. The number of nitrogens with one attached hydrogen (secondary N) is 2. The average molecular weight is 490 g/mol. The molecule has 0 fully saturated rings. The van der Waals surface area contributed by atoms with Crippen molar-refractivity contribution in [2.75, 3.05) is 11.4 Å². The van der Waals surface area contributed by atoms with Crippen molar-refractivity contribution >= 4 is 35.2 Å². The van der Waals surface area contributed by atoms with E-state index in [1.165, 1.54) is 11.8 Å². The van der Waals surface area contributed by atoms with Crippen molar-refractivity contribution in [1.29, 1.82) is 0 Å². The van der Waals surface area contributed by atoms with Crippen molar-refractivity contribution in [2.24, 2.45) is 0 Å². The predicted octanol–water partition coefficient (Wildman–Crippen LogP) is 3.76. The van der Waals surface area contributed by atoms with E-state index >= 15 is 0 Å². The van der Waals surface area contributed by atoms with Gasteiger partial charge in [0.25, 0.3) is 11.8 Å². The molecule has 8 nitrogen and oxygen atoms in total. The van der Waals surface area contributed by atoms with Gasteiger partial charge in [0, 0.05) is 46.9 Å². The van der Waals surface area contributed by atoms with E-state index in [9.17, 15) is 14.4 Å². The molecular formula is C26H27N5O3S. The van der Waals surface area contributed by atoms with Gasteiger partial charge in [0.1, 0.15) is 0 Å². The largest absolute Gasteiger partial charge is 0.312 e. The van der Waals surface area contributed by atoms with Crippen LogP contribution in [0.5, 0.6) is 0 Å². The molecule has 9 heteroatoms. The summed E-state index contributed by atoms with van der Waals surface area (Å²) >= 11 is 1.54. The smallest absolute Gasteiger partial charge is 0.269 e. The number of aryl methyl sites for hydroxylation is 2. The Balaban J connectivity index is 1.30. The standard InChI is InChI=1S/C26H27N5O3S/c1-4-23(32)31-12-11-20-14-21(9-10-22(20)31)25(34)30-29-24(33)19-7-5-18(6-8-19)15-35-26-27-16(2)13-17(3)28-26/h5-10,13-14H,4,11-12,15H2,1-3H3,(H,29,33)(H,30,34). The highest BCUT2D eigenvalue weighted by Crippen LogP contribution is 2.29. The van der Waals surface area contributed by atoms with Gasteiger partial charge in [-0.05, 0) is 67.8 Å². The monoisotopic (exact) mass is 489 g/mol. The first-order valence-corrected chi connectivity index (χ1v) is 12.4. The number of aromatic nitrogens is 2. The molecule has 35 heavy (non-hydrogen) atoms. The van der Waals surface area contributed by atoms with Gasteiger partial charge >= 0.3 is 0 Å². The molecule has 0 aliphatic carbocycles. The summed E-state index contributed by atoms with van der Waals surface area (Å²) in [6, 6.07) is 14.3. The Morgan fingerprint density at radius 2 is 1.54 bits per heavy atom. The molecule has 2 heterocycles. The number of fused-ring (bicyclic) bond motifs is 1. The van der Waals surface area contributed by atoms with Crippen molar-refractivity contribution in [3.8, 4) is 0 Å². The molecule has 0 bridgehead atoms. The maximum atomic E-state index is 12.6. The number of thioether (sulfide) groups is 1. The minimum Gasteiger partial charge on any atom is -0.312 e. The zero-order chi connectivity index (χ0) is 24.9. The van der Waals surface area contributed by atoms with Gasteiger partial charge < -0.3 is 4.90 Å². The molecule has 4 rings (SSSR count). The number of rotatable bonds is 6. The van der Waals surface area contributed by atoms with Crippen LogP contribution in [0.25, 0.3) is 0 Å². The topological polar surface area (TPSA) is 104 Å². The molecule has 180 valence electrons. The van der Waals surface area contributed by atoms with Gasteiger partial charge in [-0.2, -0.15) is 0 Å². The van der Waals surface area contributed by atoms with Crippen LogP contribution in [0.2, 0.25) is 0 Å². The summed E-state index contributed by atoms with van der Waals surface area (Å²) < 4.78 is 0. The minimum absolute atomic E-state index is 0.0661. The number of nitrogens with zero attached hydrogens (tertiary/aromatic N) is 3. The van der Waals surface area contributed by atoms with E-state index in [1.807, 2.05) is 39.0 Å².